The molecule has 0 spiro atoms. The summed E-state index contributed by atoms with van der Waals surface area (Å²) in [6.45, 7) is 7.73. The normalized spacial score (nSPS) is 13.1. The molecular weight excluding hydrogens is 430 g/mol. The van der Waals surface area contributed by atoms with Crippen LogP contribution in [0.15, 0.2) is 52.3 Å². The maximum atomic E-state index is 12.8. The summed E-state index contributed by atoms with van der Waals surface area (Å²) in [5.41, 5.74) is 1.21. The summed E-state index contributed by atoms with van der Waals surface area (Å²) in [7, 11) is -3.74. The van der Waals surface area contributed by atoms with Gasteiger partial charge in [-0.05, 0) is 24.1 Å². The van der Waals surface area contributed by atoms with E-state index in [9.17, 15) is 18.0 Å². The number of aromatic amines is 1. The molecule has 0 saturated heterocycles. The van der Waals surface area contributed by atoms with Gasteiger partial charge >= 0.3 is 0 Å². The fourth-order valence-electron chi connectivity index (χ4n) is 3.54. The maximum absolute atomic E-state index is 12.8. The maximum Gasteiger partial charge on any atom is 0.251 e. The first kappa shape index (κ1) is 23.7. The zero-order valence-corrected chi connectivity index (χ0v) is 19.5. The van der Waals surface area contributed by atoms with Gasteiger partial charge in [0.1, 0.15) is 12.4 Å². The highest BCUT2D eigenvalue weighted by Crippen LogP contribution is 2.22. The molecule has 1 aromatic carbocycles. The van der Waals surface area contributed by atoms with Gasteiger partial charge in [-0.1, -0.05) is 39.8 Å². The van der Waals surface area contributed by atoms with Gasteiger partial charge in [-0.3, -0.25) is 9.59 Å². The highest BCUT2D eigenvalue weighted by Gasteiger charge is 2.24. The van der Waals surface area contributed by atoms with Gasteiger partial charge < -0.3 is 14.9 Å². The summed E-state index contributed by atoms with van der Waals surface area (Å²) >= 11 is 0. The first-order valence-electron chi connectivity index (χ1n) is 10.6. The monoisotopic (exact) mass is 459 g/mol. The van der Waals surface area contributed by atoms with Gasteiger partial charge in [0.05, 0.1) is 22.0 Å². The second kappa shape index (κ2) is 9.66. The lowest BCUT2D eigenvalue weighted by atomic mass is 10.0. The van der Waals surface area contributed by atoms with Crippen LogP contribution in [0, 0.1) is 5.92 Å². The number of benzene rings is 1. The number of fused-ring (bicyclic) bond motifs is 1. The van der Waals surface area contributed by atoms with E-state index in [1.54, 1.807) is 13.8 Å². The number of nitrogens with one attached hydrogen (secondary N) is 2. The largest absolute Gasteiger partial charge is 0.344 e. The molecule has 2 heterocycles. The SMILES string of the molecule is CCN(CC)S(=O)(=O)c1ccc(=O)n(CC(=O)NC(c2nc3ccccc3[nH]2)C(C)C)c1. The molecule has 10 heteroatoms. The molecule has 9 nitrogen and oxygen atoms in total. The zero-order valence-electron chi connectivity index (χ0n) is 18.7. The number of aromatic nitrogens is 3. The van der Waals surface area contributed by atoms with E-state index in [0.717, 1.165) is 15.6 Å². The molecule has 0 aliphatic carbocycles. The van der Waals surface area contributed by atoms with E-state index in [0.29, 0.717) is 18.9 Å². The van der Waals surface area contributed by atoms with Crippen LogP contribution in [0.3, 0.4) is 0 Å². The minimum absolute atomic E-state index is 0.0220. The summed E-state index contributed by atoms with van der Waals surface area (Å²) in [6, 6.07) is 9.63. The molecule has 0 bridgehead atoms. The van der Waals surface area contributed by atoms with Crippen molar-refractivity contribution in [2.24, 2.45) is 5.92 Å². The average molecular weight is 460 g/mol. The van der Waals surface area contributed by atoms with Crippen molar-refractivity contribution >= 4 is 27.0 Å². The number of hydrogen-bond donors (Lipinski definition) is 2. The van der Waals surface area contributed by atoms with Gasteiger partial charge in [0.15, 0.2) is 0 Å². The first-order chi connectivity index (χ1) is 15.2. The van der Waals surface area contributed by atoms with Crippen LogP contribution in [-0.4, -0.2) is 46.3 Å². The van der Waals surface area contributed by atoms with Crippen LogP contribution in [0.4, 0.5) is 0 Å². The van der Waals surface area contributed by atoms with E-state index >= 15 is 0 Å². The second-order valence-corrected chi connectivity index (χ2v) is 9.79. The fraction of sp³-hybridized carbons (Fsp3) is 0.409. The van der Waals surface area contributed by atoms with Gasteiger partial charge in [-0.25, -0.2) is 13.4 Å². The van der Waals surface area contributed by atoms with Crippen LogP contribution in [0.25, 0.3) is 11.0 Å². The Morgan fingerprint density at radius 2 is 1.84 bits per heavy atom. The van der Waals surface area contributed by atoms with Gasteiger partial charge in [0, 0.05) is 25.4 Å². The zero-order chi connectivity index (χ0) is 23.5. The standard InChI is InChI=1S/C22H29N5O4S/c1-5-27(6-2)32(30,31)16-11-12-20(29)26(13-16)14-19(28)25-21(15(3)4)22-23-17-9-7-8-10-18(17)24-22/h7-13,15,21H,5-6,14H2,1-4H3,(H,23,24)(H,25,28). The predicted octanol–water partition coefficient (Wildman–Crippen LogP) is 2.27. The molecule has 1 atom stereocenters. The number of amides is 1. The lowest BCUT2D eigenvalue weighted by molar-refractivity contribution is -0.122. The molecule has 3 aromatic rings. The van der Waals surface area contributed by atoms with Gasteiger partial charge in [0.2, 0.25) is 15.9 Å². The van der Waals surface area contributed by atoms with Crippen LogP contribution in [0.5, 0.6) is 0 Å². The number of pyridine rings is 1. The Bertz CT molecular complexity index is 1230. The van der Waals surface area contributed by atoms with Gasteiger partial charge in [-0.15, -0.1) is 0 Å². The first-order valence-corrected chi connectivity index (χ1v) is 12.1. The summed E-state index contributed by atoms with van der Waals surface area (Å²) < 4.78 is 28.0. The van der Waals surface area contributed by atoms with E-state index < -0.39 is 27.5 Å². The molecule has 0 aliphatic heterocycles. The number of carbonyl (C=O) groups excluding carboxylic acids is 1. The number of imidazole rings is 1. The Morgan fingerprint density at radius 1 is 1.16 bits per heavy atom. The van der Waals surface area contributed by atoms with Crippen molar-refractivity contribution in [1.82, 2.24) is 24.2 Å². The molecular formula is C22H29N5O4S. The molecule has 2 N–H and O–H groups in total. The van der Waals surface area contributed by atoms with E-state index in [2.05, 4.69) is 15.3 Å². The number of sulfonamides is 1. The van der Waals surface area contributed by atoms with Crippen molar-refractivity contribution in [2.45, 2.75) is 45.2 Å². The van der Waals surface area contributed by atoms with Crippen LogP contribution in [-0.2, 0) is 21.4 Å². The van der Waals surface area contributed by atoms with Gasteiger partial charge in [0.25, 0.3) is 5.56 Å². The smallest absolute Gasteiger partial charge is 0.251 e. The third-order valence-electron chi connectivity index (χ3n) is 5.30. The Morgan fingerprint density at radius 3 is 2.47 bits per heavy atom. The summed E-state index contributed by atoms with van der Waals surface area (Å²) in [5, 5.41) is 2.92. The number of nitrogens with zero attached hydrogens (tertiary/aromatic N) is 3. The van der Waals surface area contributed by atoms with E-state index in [1.165, 1.54) is 22.6 Å². The number of carbonyl (C=O) groups is 1. The van der Waals surface area contributed by atoms with Crippen LogP contribution >= 0.6 is 0 Å². The third kappa shape index (κ3) is 4.91. The number of hydrogen-bond acceptors (Lipinski definition) is 5. The highest BCUT2D eigenvalue weighted by molar-refractivity contribution is 7.89. The molecule has 0 saturated carbocycles. The lowest BCUT2D eigenvalue weighted by Crippen LogP contribution is -2.37. The van der Waals surface area contributed by atoms with Crippen molar-refractivity contribution in [2.75, 3.05) is 13.1 Å². The molecule has 0 fully saturated rings. The van der Waals surface area contributed by atoms with Crippen molar-refractivity contribution in [3.8, 4) is 0 Å². The number of rotatable bonds is 9. The van der Waals surface area contributed by atoms with Crippen molar-refractivity contribution < 1.29 is 13.2 Å². The summed E-state index contributed by atoms with van der Waals surface area (Å²) in [4.78, 5) is 32.9. The van der Waals surface area contributed by atoms with Crippen molar-refractivity contribution in [3.63, 3.8) is 0 Å². The summed E-state index contributed by atoms with van der Waals surface area (Å²) in [6.07, 6.45) is 1.22. The Hall–Kier alpha value is -2.98. The van der Waals surface area contributed by atoms with Crippen LogP contribution < -0.4 is 10.9 Å². The fourth-order valence-corrected chi connectivity index (χ4v) is 5.02. The third-order valence-corrected chi connectivity index (χ3v) is 7.33. The second-order valence-electron chi connectivity index (χ2n) is 7.85. The minimum atomic E-state index is -3.74. The molecule has 2 aromatic heterocycles. The molecule has 1 amide bonds. The molecule has 32 heavy (non-hydrogen) atoms. The Labute approximate surface area is 187 Å². The summed E-state index contributed by atoms with van der Waals surface area (Å²) in [5.74, 6) is 0.244. The number of para-hydroxylation sites is 2. The van der Waals surface area contributed by atoms with Crippen LogP contribution in [0.1, 0.15) is 39.6 Å². The van der Waals surface area contributed by atoms with E-state index in [4.69, 9.17) is 0 Å². The number of H-pyrrole nitrogens is 1. The highest BCUT2D eigenvalue weighted by atomic mass is 32.2. The van der Waals surface area contributed by atoms with Crippen molar-refractivity contribution in [1.29, 1.82) is 0 Å². The molecule has 0 radical (unpaired) electrons. The topological polar surface area (TPSA) is 117 Å². The lowest BCUT2D eigenvalue weighted by Gasteiger charge is -2.21. The Balaban J connectivity index is 1.83. The molecule has 0 aliphatic rings. The van der Waals surface area contributed by atoms with E-state index in [1.807, 2.05) is 38.1 Å². The van der Waals surface area contributed by atoms with Crippen molar-refractivity contribution in [3.05, 3.63) is 58.8 Å². The predicted molar refractivity (Wildman–Crippen MR) is 123 cm³/mol. The van der Waals surface area contributed by atoms with Gasteiger partial charge in [-0.2, -0.15) is 4.31 Å². The van der Waals surface area contributed by atoms with E-state index in [-0.39, 0.29) is 17.4 Å². The Kier molecular flexibility index (Phi) is 7.15. The molecule has 1 unspecified atom stereocenters. The quantitative estimate of drug-likeness (QED) is 0.509. The molecule has 172 valence electrons. The van der Waals surface area contributed by atoms with Crippen LogP contribution in [0.2, 0.25) is 0 Å². The minimum Gasteiger partial charge on any atom is -0.344 e. The molecule has 3 rings (SSSR count). The average Bonchev–Trinajstić information content (AvgIpc) is 3.17.